The number of piperazine rings is 1. The Bertz CT molecular complexity index is 3280. The first-order chi connectivity index (χ1) is 36.7. The van der Waals surface area contributed by atoms with E-state index in [0.717, 1.165) is 117 Å². The van der Waals surface area contributed by atoms with E-state index in [0.29, 0.717) is 62.3 Å². The summed E-state index contributed by atoms with van der Waals surface area (Å²) in [5.74, 6) is -0.180. The van der Waals surface area contributed by atoms with E-state index in [1.165, 1.54) is 0 Å². The van der Waals surface area contributed by atoms with Crippen LogP contribution >= 0.6 is 18.7 Å². The van der Waals surface area contributed by atoms with Gasteiger partial charge in [0.05, 0.1) is 42.0 Å². The van der Waals surface area contributed by atoms with Crippen LogP contribution in [-0.4, -0.2) is 150 Å². The van der Waals surface area contributed by atoms with Gasteiger partial charge in [0.25, 0.3) is 11.8 Å². The Morgan fingerprint density at radius 2 is 1.54 bits per heavy atom. The predicted molar refractivity (Wildman–Crippen MR) is 296 cm³/mol. The van der Waals surface area contributed by atoms with Crippen LogP contribution in [0.3, 0.4) is 0 Å². The molecule has 3 N–H and O–H groups in total. The second-order valence-electron chi connectivity index (χ2n) is 20.9. The van der Waals surface area contributed by atoms with Crippen LogP contribution in [0, 0.1) is 5.92 Å². The number of imide groups is 2. The van der Waals surface area contributed by atoms with E-state index in [4.69, 9.17) is 21.3 Å². The smallest absolute Gasteiger partial charge is 0.262 e. The molecule has 7 heterocycles. The Kier molecular flexibility index (Phi) is 14.2. The lowest BCUT2D eigenvalue weighted by Crippen LogP contribution is -2.54. The molecule has 0 spiro atoms. The number of hydrogen-bond acceptors (Lipinski definition) is 15. The number of ether oxygens (including phenoxy) is 1. The summed E-state index contributed by atoms with van der Waals surface area (Å²) in [6.07, 6.45) is 8.93. The number of fused-ring (bicyclic) bond motifs is 1. The fourth-order valence-electron chi connectivity index (χ4n) is 11.6. The van der Waals surface area contributed by atoms with Gasteiger partial charge in [0, 0.05) is 105 Å². The van der Waals surface area contributed by atoms with E-state index in [1.54, 1.807) is 43.5 Å². The van der Waals surface area contributed by atoms with Crippen molar-refractivity contribution in [1.82, 2.24) is 39.8 Å². The monoisotopic (exact) mass is 1060 g/mol. The number of aromatic nitrogens is 4. The second-order valence-corrected chi connectivity index (χ2v) is 24.5. The van der Waals surface area contributed by atoms with Crippen molar-refractivity contribution in [2.75, 3.05) is 99.8 Å². The molecule has 2 unspecified atom stereocenters. The lowest BCUT2D eigenvalue weighted by molar-refractivity contribution is -0.136. The summed E-state index contributed by atoms with van der Waals surface area (Å²) in [5.41, 5.74) is 7.87. The van der Waals surface area contributed by atoms with Gasteiger partial charge in [-0.1, -0.05) is 48.0 Å². The van der Waals surface area contributed by atoms with Gasteiger partial charge in [-0.15, -0.1) is 0 Å². The molecule has 4 saturated heterocycles. The van der Waals surface area contributed by atoms with Gasteiger partial charge in [-0.3, -0.25) is 39.0 Å². The summed E-state index contributed by atoms with van der Waals surface area (Å²) < 4.78 is 21.5. The molecule has 4 aromatic carbocycles. The summed E-state index contributed by atoms with van der Waals surface area (Å²) in [6, 6.07) is 25.0. The van der Waals surface area contributed by atoms with E-state index >= 15 is 0 Å². The molecule has 11 rings (SSSR count). The third-order valence-corrected chi connectivity index (χ3v) is 17.4. The highest BCUT2D eigenvalue weighted by atomic mass is 35.5. The number of rotatable bonds is 14. The minimum atomic E-state index is -2.74. The zero-order valence-corrected chi connectivity index (χ0v) is 44.8. The van der Waals surface area contributed by atoms with Crippen molar-refractivity contribution in [2.24, 2.45) is 13.0 Å². The molecule has 0 bridgehead atoms. The van der Waals surface area contributed by atoms with Crippen LogP contribution in [0.25, 0.3) is 22.3 Å². The van der Waals surface area contributed by atoms with Crippen molar-refractivity contribution in [3.63, 3.8) is 0 Å². The molecule has 4 fully saturated rings. The zero-order chi connectivity index (χ0) is 52.8. The maximum Gasteiger partial charge on any atom is 0.262 e. The van der Waals surface area contributed by atoms with Crippen LogP contribution < -0.4 is 35.8 Å². The number of carbonyl (C=O) groups excluding carboxylic acids is 4. The summed E-state index contributed by atoms with van der Waals surface area (Å²) in [7, 11) is 0.833. The Morgan fingerprint density at radius 3 is 2.26 bits per heavy atom. The summed E-state index contributed by atoms with van der Waals surface area (Å²) in [4.78, 5) is 71.4. The number of methoxy groups -OCH3 is 1. The van der Waals surface area contributed by atoms with Crippen molar-refractivity contribution in [3.05, 3.63) is 114 Å². The van der Waals surface area contributed by atoms with Gasteiger partial charge in [-0.25, -0.2) is 4.98 Å². The number of piperidine rings is 2. The van der Waals surface area contributed by atoms with Gasteiger partial charge >= 0.3 is 0 Å². The molecular formula is C56H62ClN12O6P. The molecule has 2 aromatic heterocycles. The second kappa shape index (κ2) is 21.1. The Balaban J connectivity index is 0.713. The number of aryl methyl sites for hydroxylation is 1. The number of nitrogens with zero attached hydrogens (tertiary/aromatic N) is 9. The quantitative estimate of drug-likeness (QED) is 0.0720. The molecule has 0 radical (unpaired) electrons. The lowest BCUT2D eigenvalue weighted by Gasteiger charge is -2.44. The van der Waals surface area contributed by atoms with Crippen LogP contribution in [0.2, 0.25) is 5.02 Å². The van der Waals surface area contributed by atoms with E-state index in [2.05, 4.69) is 57.8 Å². The number of benzene rings is 4. The molecule has 394 valence electrons. The fourth-order valence-corrected chi connectivity index (χ4v) is 12.9. The summed E-state index contributed by atoms with van der Waals surface area (Å²) >= 11 is 6.72. The normalized spacial score (nSPS) is 19.8. The number of hydrogen-bond donors (Lipinski definition) is 3. The number of nitrogens with one attached hydrogen (secondary N) is 3. The Labute approximate surface area is 447 Å². The van der Waals surface area contributed by atoms with Gasteiger partial charge in [-0.2, -0.15) is 10.1 Å². The first-order valence-corrected chi connectivity index (χ1v) is 29.0. The molecule has 6 aromatic rings. The molecule has 2 atom stereocenters. The van der Waals surface area contributed by atoms with Crippen molar-refractivity contribution in [1.29, 1.82) is 0 Å². The number of likely N-dealkylation sites (tertiary alicyclic amines) is 1. The lowest BCUT2D eigenvalue weighted by atomic mass is 9.99. The van der Waals surface area contributed by atoms with Gasteiger partial charge in [0.15, 0.2) is 5.82 Å². The van der Waals surface area contributed by atoms with Crippen LogP contribution in [0.5, 0.6) is 5.75 Å². The molecule has 18 nitrogen and oxygen atoms in total. The van der Waals surface area contributed by atoms with E-state index in [9.17, 15) is 23.7 Å². The molecule has 4 amide bonds. The molecule has 76 heavy (non-hydrogen) atoms. The molecule has 5 aliphatic heterocycles. The minimum absolute atomic E-state index is 0.0898. The number of carbonyl (C=O) groups is 4. The van der Waals surface area contributed by atoms with Crippen LogP contribution in [0.1, 0.15) is 52.8 Å². The largest absolute Gasteiger partial charge is 0.494 e. The summed E-state index contributed by atoms with van der Waals surface area (Å²) in [5, 5.41) is 14.6. The predicted octanol–water partition coefficient (Wildman–Crippen LogP) is 7.46. The topological polar surface area (TPSA) is 190 Å². The third-order valence-electron chi connectivity index (χ3n) is 15.6. The van der Waals surface area contributed by atoms with Crippen LogP contribution in [-0.2, 0) is 21.2 Å². The first kappa shape index (κ1) is 51.0. The average Bonchev–Trinajstić information content (AvgIpc) is 4.18. The molecule has 0 saturated carbocycles. The van der Waals surface area contributed by atoms with Gasteiger partial charge < -0.3 is 34.6 Å². The van der Waals surface area contributed by atoms with Gasteiger partial charge in [-0.05, 0) is 106 Å². The third kappa shape index (κ3) is 10.4. The Morgan fingerprint density at radius 1 is 0.763 bits per heavy atom. The highest BCUT2D eigenvalue weighted by molar-refractivity contribution is 7.70. The Hall–Kier alpha value is -7.11. The minimum Gasteiger partial charge on any atom is -0.494 e. The maximum atomic E-state index is 13.7. The maximum absolute atomic E-state index is 13.7. The molecule has 5 aliphatic rings. The van der Waals surface area contributed by atoms with E-state index in [1.807, 2.05) is 74.0 Å². The van der Waals surface area contributed by atoms with E-state index < -0.39 is 36.8 Å². The molecular weight excluding hydrogens is 1000 g/mol. The van der Waals surface area contributed by atoms with Crippen molar-refractivity contribution < 1.29 is 28.5 Å². The van der Waals surface area contributed by atoms with Crippen molar-refractivity contribution in [2.45, 2.75) is 44.2 Å². The van der Waals surface area contributed by atoms with Crippen LogP contribution in [0.15, 0.2) is 97.5 Å². The van der Waals surface area contributed by atoms with Crippen molar-refractivity contribution in [3.8, 4) is 28.0 Å². The average molecular weight is 1070 g/mol. The van der Waals surface area contributed by atoms with E-state index in [-0.39, 0.29) is 12.8 Å². The highest BCUT2D eigenvalue weighted by Gasteiger charge is 2.45. The molecule has 0 aliphatic carbocycles. The van der Waals surface area contributed by atoms with Crippen LogP contribution in [0.4, 0.5) is 34.5 Å². The standard InChI is InChI=1S/C56H62ClN12O6P/c1-64-34-38(30-59-64)42-28-46(61-56-58-31-44(57)52(63-56)60-45-13-10-37(26-50(45)76(3,4)74)36-8-6-5-7-9-36)49(75-2)29-48(42)67-24-22-66(23-25-67)39-17-19-65(20-18-39)32-35-16-21-68(33-35)40-11-12-41-43(27-40)55(73)69(54(41)72)47-14-15-51(70)62-53(47)71/h5-13,26-31,34-35,39,47H,14-25,32-33H2,1-4H3,(H,62,70,71)(H2,58,60,61,63). The number of amides is 4. The fraction of sp³-hybridized carbons (Fsp3) is 0.375. The van der Waals surface area contributed by atoms with Crippen molar-refractivity contribution >= 4 is 82.2 Å². The zero-order valence-electron chi connectivity index (χ0n) is 43.2. The number of halogens is 1. The first-order valence-electron chi connectivity index (χ1n) is 26.0. The SMILES string of the molecule is COc1cc(N2CCN(C3CCN(CC4CCN(c5ccc6c(c5)C(=O)N(C5CCC(=O)NC5=O)C6=O)C4)CC3)CC2)c(-c2cnn(C)c2)cc1Nc1ncc(Cl)c(Nc2ccc(-c3ccccc3)cc2P(C)(C)=O)n1. The highest BCUT2D eigenvalue weighted by Crippen LogP contribution is 2.43. The molecule has 20 heteroatoms. The van der Waals surface area contributed by atoms with Gasteiger partial charge in [0.2, 0.25) is 17.8 Å². The van der Waals surface area contributed by atoms with Gasteiger partial charge in [0.1, 0.15) is 24.0 Å². The summed E-state index contributed by atoms with van der Waals surface area (Å²) in [6.45, 7) is 11.9. The number of anilines is 6.